The summed E-state index contributed by atoms with van der Waals surface area (Å²) in [6.07, 6.45) is 0. The molecule has 0 aliphatic carbocycles. The molecule has 0 unspecified atom stereocenters. The van der Waals surface area contributed by atoms with Gasteiger partial charge in [0.1, 0.15) is 0 Å². The van der Waals surface area contributed by atoms with Gasteiger partial charge in [0.2, 0.25) is 0 Å². The number of hydrogen-bond acceptors (Lipinski definition) is 3. The molecule has 5 rings (SSSR count). The zero-order valence-electron chi connectivity index (χ0n) is 17.6. The van der Waals surface area contributed by atoms with E-state index in [2.05, 4.69) is 5.32 Å². The molecule has 0 aliphatic rings. The molecule has 0 saturated carbocycles. The van der Waals surface area contributed by atoms with E-state index in [9.17, 15) is 4.79 Å². The van der Waals surface area contributed by atoms with Crippen molar-refractivity contribution in [3.8, 4) is 22.5 Å². The molecule has 0 aliphatic heterocycles. The van der Waals surface area contributed by atoms with Gasteiger partial charge in [-0.15, -0.1) is 0 Å². The smallest absolute Gasteiger partial charge is 0.255 e. The maximum absolute atomic E-state index is 12.9. The minimum Gasteiger partial charge on any atom is -0.322 e. The normalized spacial score (nSPS) is 10.8. The first-order chi connectivity index (χ1) is 15.7. The molecule has 4 aromatic carbocycles. The Morgan fingerprint density at radius 3 is 1.84 bits per heavy atom. The Kier molecular flexibility index (Phi) is 5.18. The van der Waals surface area contributed by atoms with Gasteiger partial charge < -0.3 is 5.32 Å². The SMILES string of the molecule is Cc1ccccc1NC(=O)c1ccc2nc(-c3ccccc3)c(-c3ccccc3)nc2c1. The number of hydrogen-bond donors (Lipinski definition) is 1. The molecule has 4 heteroatoms. The van der Waals surface area contributed by atoms with Crippen LogP contribution in [0.3, 0.4) is 0 Å². The highest BCUT2D eigenvalue weighted by Crippen LogP contribution is 2.31. The lowest BCUT2D eigenvalue weighted by Crippen LogP contribution is -2.12. The molecule has 0 atom stereocenters. The van der Waals surface area contributed by atoms with E-state index >= 15 is 0 Å². The molecular weight excluding hydrogens is 394 g/mol. The molecular formula is C28H21N3O. The quantitative estimate of drug-likeness (QED) is 0.363. The fourth-order valence-electron chi connectivity index (χ4n) is 3.70. The second-order valence-electron chi connectivity index (χ2n) is 7.63. The number of carbonyl (C=O) groups excluding carboxylic acids is 1. The predicted molar refractivity (Wildman–Crippen MR) is 130 cm³/mol. The van der Waals surface area contributed by atoms with Crippen LogP contribution in [0.4, 0.5) is 5.69 Å². The van der Waals surface area contributed by atoms with Gasteiger partial charge in [0, 0.05) is 22.4 Å². The van der Waals surface area contributed by atoms with E-state index in [0.29, 0.717) is 11.1 Å². The number of rotatable bonds is 4. The molecule has 1 heterocycles. The number of amides is 1. The van der Waals surface area contributed by atoms with Crippen molar-refractivity contribution in [1.29, 1.82) is 0 Å². The van der Waals surface area contributed by atoms with E-state index in [-0.39, 0.29) is 5.91 Å². The van der Waals surface area contributed by atoms with Gasteiger partial charge in [-0.05, 0) is 36.8 Å². The molecule has 154 valence electrons. The van der Waals surface area contributed by atoms with E-state index in [4.69, 9.17) is 9.97 Å². The molecule has 0 bridgehead atoms. The van der Waals surface area contributed by atoms with E-state index in [1.165, 1.54) is 0 Å². The Balaban J connectivity index is 1.60. The summed E-state index contributed by atoms with van der Waals surface area (Å²) in [4.78, 5) is 22.8. The third-order valence-corrected chi connectivity index (χ3v) is 5.41. The second kappa shape index (κ2) is 8.44. The van der Waals surface area contributed by atoms with Crippen molar-refractivity contribution < 1.29 is 4.79 Å². The second-order valence-corrected chi connectivity index (χ2v) is 7.63. The first kappa shape index (κ1) is 19.6. The summed E-state index contributed by atoms with van der Waals surface area (Å²) in [6, 6.07) is 33.2. The lowest BCUT2D eigenvalue weighted by molar-refractivity contribution is 0.102. The molecule has 32 heavy (non-hydrogen) atoms. The number of aromatic nitrogens is 2. The van der Waals surface area contributed by atoms with Crippen LogP contribution in [0.5, 0.6) is 0 Å². The van der Waals surface area contributed by atoms with Gasteiger partial charge in [-0.2, -0.15) is 0 Å². The van der Waals surface area contributed by atoms with E-state index in [0.717, 1.165) is 39.3 Å². The number of nitrogens with one attached hydrogen (secondary N) is 1. The van der Waals surface area contributed by atoms with Crippen LogP contribution >= 0.6 is 0 Å². The monoisotopic (exact) mass is 415 g/mol. The number of nitrogens with zero attached hydrogens (tertiary/aromatic N) is 2. The molecule has 0 radical (unpaired) electrons. The van der Waals surface area contributed by atoms with Gasteiger partial charge in [0.25, 0.3) is 5.91 Å². The summed E-state index contributed by atoms with van der Waals surface area (Å²) in [7, 11) is 0. The van der Waals surface area contributed by atoms with Crippen molar-refractivity contribution in [3.05, 3.63) is 114 Å². The Bertz CT molecular complexity index is 1410. The third kappa shape index (κ3) is 3.86. The van der Waals surface area contributed by atoms with Crippen LogP contribution < -0.4 is 5.32 Å². The Hall–Kier alpha value is -4.31. The largest absolute Gasteiger partial charge is 0.322 e. The number of benzene rings is 4. The summed E-state index contributed by atoms with van der Waals surface area (Å²) in [5, 5.41) is 2.99. The van der Waals surface area contributed by atoms with Crippen LogP contribution in [-0.4, -0.2) is 15.9 Å². The van der Waals surface area contributed by atoms with Crippen molar-refractivity contribution in [2.75, 3.05) is 5.32 Å². The molecule has 0 saturated heterocycles. The third-order valence-electron chi connectivity index (χ3n) is 5.41. The average Bonchev–Trinajstić information content (AvgIpc) is 2.85. The van der Waals surface area contributed by atoms with Gasteiger partial charge in [-0.1, -0.05) is 78.9 Å². The predicted octanol–water partition coefficient (Wildman–Crippen LogP) is 6.52. The zero-order chi connectivity index (χ0) is 21.9. The molecule has 0 spiro atoms. The lowest BCUT2D eigenvalue weighted by Gasteiger charge is -2.12. The van der Waals surface area contributed by atoms with Crippen molar-refractivity contribution in [2.45, 2.75) is 6.92 Å². The Labute approximate surface area is 186 Å². The summed E-state index contributed by atoms with van der Waals surface area (Å²) < 4.78 is 0. The standard InChI is InChI=1S/C28H21N3O/c1-19-10-8-9-15-23(19)31-28(32)22-16-17-24-25(18-22)30-27(21-13-6-3-7-14-21)26(29-24)20-11-4-2-5-12-20/h2-18H,1H3,(H,31,32). The summed E-state index contributed by atoms with van der Waals surface area (Å²) in [5.74, 6) is -0.170. The van der Waals surface area contributed by atoms with Crippen LogP contribution in [0.25, 0.3) is 33.5 Å². The van der Waals surface area contributed by atoms with E-state index < -0.39 is 0 Å². The van der Waals surface area contributed by atoms with Crippen molar-refractivity contribution in [1.82, 2.24) is 9.97 Å². The Morgan fingerprint density at radius 1 is 0.656 bits per heavy atom. The molecule has 4 nitrogen and oxygen atoms in total. The topological polar surface area (TPSA) is 54.9 Å². The van der Waals surface area contributed by atoms with Gasteiger partial charge in [-0.3, -0.25) is 4.79 Å². The molecule has 1 amide bonds. The van der Waals surface area contributed by atoms with Crippen LogP contribution in [0.2, 0.25) is 0 Å². The first-order valence-electron chi connectivity index (χ1n) is 10.5. The number of aryl methyl sites for hydroxylation is 1. The van der Waals surface area contributed by atoms with Gasteiger partial charge in [0.05, 0.1) is 22.4 Å². The minimum absolute atomic E-state index is 0.170. The van der Waals surface area contributed by atoms with Crippen molar-refractivity contribution in [2.24, 2.45) is 0 Å². The van der Waals surface area contributed by atoms with E-state index in [1.807, 2.05) is 97.9 Å². The number of carbonyl (C=O) groups is 1. The first-order valence-corrected chi connectivity index (χ1v) is 10.5. The van der Waals surface area contributed by atoms with Gasteiger partial charge >= 0.3 is 0 Å². The van der Waals surface area contributed by atoms with Crippen molar-refractivity contribution in [3.63, 3.8) is 0 Å². The number of fused-ring (bicyclic) bond motifs is 1. The molecule has 1 aromatic heterocycles. The highest BCUT2D eigenvalue weighted by Gasteiger charge is 2.15. The number of para-hydroxylation sites is 1. The van der Waals surface area contributed by atoms with Crippen LogP contribution in [0, 0.1) is 6.92 Å². The van der Waals surface area contributed by atoms with Crippen LogP contribution in [-0.2, 0) is 0 Å². The zero-order valence-corrected chi connectivity index (χ0v) is 17.6. The summed E-state index contributed by atoms with van der Waals surface area (Å²) in [5.41, 5.74) is 7.38. The van der Waals surface area contributed by atoms with E-state index in [1.54, 1.807) is 12.1 Å². The summed E-state index contributed by atoms with van der Waals surface area (Å²) in [6.45, 7) is 1.97. The van der Waals surface area contributed by atoms with Gasteiger partial charge in [0.15, 0.2) is 0 Å². The average molecular weight is 415 g/mol. The van der Waals surface area contributed by atoms with Crippen LogP contribution in [0.1, 0.15) is 15.9 Å². The van der Waals surface area contributed by atoms with Crippen molar-refractivity contribution >= 4 is 22.6 Å². The minimum atomic E-state index is -0.170. The summed E-state index contributed by atoms with van der Waals surface area (Å²) >= 11 is 0. The Morgan fingerprint density at radius 2 is 1.22 bits per heavy atom. The fraction of sp³-hybridized carbons (Fsp3) is 0.0357. The fourth-order valence-corrected chi connectivity index (χ4v) is 3.70. The highest BCUT2D eigenvalue weighted by molar-refractivity contribution is 6.06. The van der Waals surface area contributed by atoms with Crippen LogP contribution in [0.15, 0.2) is 103 Å². The lowest BCUT2D eigenvalue weighted by atomic mass is 10.0. The molecule has 1 N–H and O–H groups in total. The molecule has 5 aromatic rings. The number of anilines is 1. The maximum Gasteiger partial charge on any atom is 0.255 e. The molecule has 0 fully saturated rings. The maximum atomic E-state index is 12.9. The highest BCUT2D eigenvalue weighted by atomic mass is 16.1. The van der Waals surface area contributed by atoms with Gasteiger partial charge in [-0.25, -0.2) is 9.97 Å².